The number of benzene rings is 1. The molecule has 26 heavy (non-hydrogen) atoms. The van der Waals surface area contributed by atoms with Crippen LogP contribution in [0.25, 0.3) is 0 Å². The number of aromatic nitrogens is 2. The maximum absolute atomic E-state index is 13.2. The molecule has 1 N–H and O–H groups in total. The van der Waals surface area contributed by atoms with Crippen molar-refractivity contribution in [2.45, 2.75) is 32.7 Å². The van der Waals surface area contributed by atoms with E-state index in [1.165, 1.54) is 12.1 Å². The number of rotatable bonds is 6. The van der Waals surface area contributed by atoms with Gasteiger partial charge in [-0.25, -0.2) is 4.39 Å². The van der Waals surface area contributed by atoms with Crippen molar-refractivity contribution in [3.8, 4) is 0 Å². The topological polar surface area (TPSA) is 46.9 Å². The van der Waals surface area contributed by atoms with Crippen LogP contribution in [-0.4, -0.2) is 15.7 Å². The Morgan fingerprint density at radius 2 is 2.00 bits per heavy atom. The highest BCUT2D eigenvalue weighted by Crippen LogP contribution is 2.26. The van der Waals surface area contributed by atoms with Crippen molar-refractivity contribution < 1.29 is 9.18 Å². The molecule has 1 atom stereocenters. The van der Waals surface area contributed by atoms with Crippen LogP contribution in [0.5, 0.6) is 0 Å². The number of carbonyl (C=O) groups excluding carboxylic acids is 1. The summed E-state index contributed by atoms with van der Waals surface area (Å²) in [6.07, 6.45) is 1.04. The lowest BCUT2D eigenvalue weighted by atomic mass is 10.0. The molecule has 0 saturated heterocycles. The standard InChI is InChI=1S/C20H22FN3OS/c1-13-17(14(2)24(3)23-13)10-11-19(25)22-20(18-5-4-12-26-18)15-6-8-16(21)9-7-15/h4-9,12,20H,10-11H2,1-3H3,(H,22,25). The molecule has 6 heteroatoms. The highest BCUT2D eigenvalue weighted by molar-refractivity contribution is 7.10. The summed E-state index contributed by atoms with van der Waals surface area (Å²) in [6.45, 7) is 3.98. The van der Waals surface area contributed by atoms with Gasteiger partial charge in [0.25, 0.3) is 0 Å². The number of nitrogens with zero attached hydrogens (tertiary/aromatic N) is 2. The zero-order valence-electron chi connectivity index (χ0n) is 15.1. The summed E-state index contributed by atoms with van der Waals surface area (Å²) in [5.74, 6) is -0.317. The fourth-order valence-corrected chi connectivity index (χ4v) is 3.88. The fourth-order valence-electron chi connectivity index (χ4n) is 3.08. The van der Waals surface area contributed by atoms with E-state index in [0.717, 1.165) is 27.4 Å². The number of carbonyl (C=O) groups is 1. The van der Waals surface area contributed by atoms with Crippen LogP contribution in [0.3, 0.4) is 0 Å². The van der Waals surface area contributed by atoms with Gasteiger partial charge in [0.2, 0.25) is 5.91 Å². The lowest BCUT2D eigenvalue weighted by molar-refractivity contribution is -0.121. The monoisotopic (exact) mass is 371 g/mol. The molecule has 0 aliphatic rings. The summed E-state index contributed by atoms with van der Waals surface area (Å²) < 4.78 is 15.1. The van der Waals surface area contributed by atoms with E-state index in [2.05, 4.69) is 10.4 Å². The first-order valence-electron chi connectivity index (χ1n) is 8.53. The maximum Gasteiger partial charge on any atom is 0.221 e. The molecular formula is C20H22FN3OS. The molecule has 3 aromatic rings. The zero-order valence-corrected chi connectivity index (χ0v) is 15.9. The Hall–Kier alpha value is -2.47. The first kappa shape index (κ1) is 18.3. The summed E-state index contributed by atoms with van der Waals surface area (Å²) in [5.41, 5.74) is 4.04. The lowest BCUT2D eigenvalue weighted by Crippen LogP contribution is -2.29. The van der Waals surface area contributed by atoms with E-state index in [9.17, 15) is 9.18 Å². The second-order valence-electron chi connectivity index (χ2n) is 6.34. The average molecular weight is 371 g/mol. The number of amides is 1. The van der Waals surface area contributed by atoms with Gasteiger partial charge < -0.3 is 5.32 Å². The first-order valence-corrected chi connectivity index (χ1v) is 9.41. The Kier molecular flexibility index (Phi) is 5.52. The van der Waals surface area contributed by atoms with E-state index in [4.69, 9.17) is 0 Å². The van der Waals surface area contributed by atoms with Crippen LogP contribution in [0, 0.1) is 19.7 Å². The highest BCUT2D eigenvalue weighted by Gasteiger charge is 2.19. The van der Waals surface area contributed by atoms with E-state index in [-0.39, 0.29) is 17.8 Å². The van der Waals surface area contributed by atoms with Crippen LogP contribution in [0.15, 0.2) is 41.8 Å². The predicted molar refractivity (Wildman–Crippen MR) is 102 cm³/mol. The van der Waals surface area contributed by atoms with Crippen LogP contribution in [0.1, 0.15) is 39.9 Å². The SMILES string of the molecule is Cc1nn(C)c(C)c1CCC(=O)NC(c1ccc(F)cc1)c1cccs1. The van der Waals surface area contributed by atoms with Crippen molar-refractivity contribution in [1.82, 2.24) is 15.1 Å². The predicted octanol–water partition coefficient (Wildman–Crippen LogP) is 4.08. The second-order valence-corrected chi connectivity index (χ2v) is 7.32. The minimum atomic E-state index is -0.285. The minimum absolute atomic E-state index is 0.0321. The number of hydrogen-bond donors (Lipinski definition) is 1. The van der Waals surface area contributed by atoms with Gasteiger partial charge in [0.05, 0.1) is 11.7 Å². The smallest absolute Gasteiger partial charge is 0.221 e. The lowest BCUT2D eigenvalue weighted by Gasteiger charge is -2.18. The van der Waals surface area contributed by atoms with Crippen molar-refractivity contribution in [3.63, 3.8) is 0 Å². The summed E-state index contributed by atoms with van der Waals surface area (Å²) >= 11 is 1.57. The number of thiophene rings is 1. The van der Waals surface area contributed by atoms with E-state index in [0.29, 0.717) is 12.8 Å². The molecule has 1 amide bonds. The molecule has 1 aromatic carbocycles. The Labute approximate surface area is 156 Å². The quantitative estimate of drug-likeness (QED) is 0.710. The molecule has 3 rings (SSSR count). The molecule has 0 radical (unpaired) electrons. The van der Waals surface area contributed by atoms with Gasteiger partial charge in [-0.2, -0.15) is 5.10 Å². The summed E-state index contributed by atoms with van der Waals surface area (Å²) in [5, 5.41) is 9.46. The number of hydrogen-bond acceptors (Lipinski definition) is 3. The molecule has 0 bridgehead atoms. The summed E-state index contributed by atoms with van der Waals surface area (Å²) in [7, 11) is 1.91. The summed E-state index contributed by atoms with van der Waals surface area (Å²) in [4.78, 5) is 13.6. The molecule has 0 aliphatic carbocycles. The van der Waals surface area contributed by atoms with Gasteiger partial charge in [-0.15, -0.1) is 11.3 Å². The first-order chi connectivity index (χ1) is 12.5. The van der Waals surface area contributed by atoms with Gasteiger partial charge >= 0.3 is 0 Å². The molecule has 4 nitrogen and oxygen atoms in total. The van der Waals surface area contributed by atoms with Gasteiger partial charge in [-0.3, -0.25) is 9.48 Å². The van der Waals surface area contributed by atoms with Crippen molar-refractivity contribution in [1.29, 1.82) is 0 Å². The number of nitrogens with one attached hydrogen (secondary N) is 1. The average Bonchev–Trinajstić information content (AvgIpc) is 3.22. The molecule has 2 heterocycles. The number of aryl methyl sites for hydroxylation is 2. The molecule has 0 spiro atoms. The van der Waals surface area contributed by atoms with Crippen LogP contribution < -0.4 is 5.32 Å². The van der Waals surface area contributed by atoms with Crippen molar-refractivity contribution in [2.75, 3.05) is 0 Å². The molecule has 1 unspecified atom stereocenters. The second kappa shape index (κ2) is 7.83. The van der Waals surface area contributed by atoms with E-state index in [1.807, 2.05) is 43.1 Å². The molecular weight excluding hydrogens is 349 g/mol. The van der Waals surface area contributed by atoms with Crippen molar-refractivity contribution >= 4 is 17.2 Å². The number of halogens is 1. The molecule has 2 aromatic heterocycles. The van der Waals surface area contributed by atoms with Crippen LogP contribution in [0.2, 0.25) is 0 Å². The fraction of sp³-hybridized carbons (Fsp3) is 0.300. The Morgan fingerprint density at radius 3 is 2.58 bits per heavy atom. The Balaban J connectivity index is 1.72. The molecule has 0 fully saturated rings. The van der Waals surface area contributed by atoms with Gasteiger partial charge in [0.15, 0.2) is 0 Å². The highest BCUT2D eigenvalue weighted by atomic mass is 32.1. The van der Waals surface area contributed by atoms with E-state index < -0.39 is 0 Å². The largest absolute Gasteiger partial charge is 0.344 e. The van der Waals surface area contributed by atoms with Crippen LogP contribution in [0.4, 0.5) is 4.39 Å². The van der Waals surface area contributed by atoms with Crippen molar-refractivity contribution in [2.24, 2.45) is 7.05 Å². The normalized spacial score (nSPS) is 12.2. The Bertz CT molecular complexity index is 885. The maximum atomic E-state index is 13.2. The molecule has 0 aliphatic heterocycles. The van der Waals surface area contributed by atoms with Crippen LogP contribution >= 0.6 is 11.3 Å². The van der Waals surface area contributed by atoms with Crippen molar-refractivity contribution in [3.05, 3.63) is 75.0 Å². The van der Waals surface area contributed by atoms with E-state index in [1.54, 1.807) is 23.5 Å². The van der Waals surface area contributed by atoms with Gasteiger partial charge in [-0.1, -0.05) is 18.2 Å². The van der Waals surface area contributed by atoms with Crippen LogP contribution in [-0.2, 0) is 18.3 Å². The van der Waals surface area contributed by atoms with Gasteiger partial charge in [0, 0.05) is 24.0 Å². The molecule has 136 valence electrons. The third-order valence-electron chi connectivity index (χ3n) is 4.60. The van der Waals surface area contributed by atoms with Gasteiger partial charge in [-0.05, 0) is 55.0 Å². The third-order valence-corrected chi connectivity index (χ3v) is 5.53. The Morgan fingerprint density at radius 1 is 1.27 bits per heavy atom. The third kappa shape index (κ3) is 4.02. The zero-order chi connectivity index (χ0) is 18.7. The summed E-state index contributed by atoms with van der Waals surface area (Å²) in [6, 6.07) is 9.94. The molecule has 0 saturated carbocycles. The minimum Gasteiger partial charge on any atom is -0.344 e. The van der Waals surface area contributed by atoms with Gasteiger partial charge in [0.1, 0.15) is 5.82 Å². The van der Waals surface area contributed by atoms with E-state index >= 15 is 0 Å².